The molecule has 2 aromatic heterocycles. The number of aromatic nitrogens is 3. The van der Waals surface area contributed by atoms with E-state index in [4.69, 9.17) is 54.7 Å². The fraction of sp³-hybridized carbons (Fsp3) is 0.133. The van der Waals surface area contributed by atoms with Crippen molar-refractivity contribution in [2.75, 3.05) is 36.7 Å². The van der Waals surface area contributed by atoms with Gasteiger partial charge < -0.3 is 39.9 Å². The van der Waals surface area contributed by atoms with Crippen molar-refractivity contribution in [1.29, 1.82) is 0 Å². The third kappa shape index (κ3) is 8.53. The fourth-order valence-corrected chi connectivity index (χ4v) is 4.70. The van der Waals surface area contributed by atoms with Crippen molar-refractivity contribution in [3.63, 3.8) is 0 Å². The number of fused-ring (bicyclic) bond motifs is 1. The lowest BCUT2D eigenvalue weighted by atomic mass is 10.1. The van der Waals surface area contributed by atoms with E-state index in [-0.39, 0.29) is 33.9 Å². The van der Waals surface area contributed by atoms with Crippen LogP contribution in [0.25, 0.3) is 11.0 Å². The van der Waals surface area contributed by atoms with Gasteiger partial charge in [0.05, 0.1) is 25.7 Å². The van der Waals surface area contributed by atoms with E-state index < -0.39 is 5.63 Å². The van der Waals surface area contributed by atoms with Crippen molar-refractivity contribution < 1.29 is 18.6 Å². The molecule has 45 heavy (non-hydrogen) atoms. The predicted octanol–water partition coefficient (Wildman–Crippen LogP) is 5.78. The second-order valence-electron chi connectivity index (χ2n) is 9.20. The van der Waals surface area contributed by atoms with E-state index in [1.54, 1.807) is 62.8 Å². The summed E-state index contributed by atoms with van der Waals surface area (Å²) in [5, 5.41) is 13.5. The third-order valence-electron chi connectivity index (χ3n) is 6.11. The van der Waals surface area contributed by atoms with Crippen molar-refractivity contribution in [2.45, 2.75) is 6.42 Å². The molecule has 15 heteroatoms. The van der Waals surface area contributed by atoms with Crippen LogP contribution in [0.2, 0.25) is 5.02 Å². The molecule has 3 aromatic carbocycles. The smallest absolute Gasteiger partial charge is 0.339 e. The molecule has 4 N–H and O–H groups in total. The Labute approximate surface area is 273 Å². The molecule has 230 valence electrons. The van der Waals surface area contributed by atoms with Crippen molar-refractivity contribution in [3.8, 4) is 23.3 Å². The average molecular weight is 664 g/mol. The van der Waals surface area contributed by atoms with Crippen LogP contribution in [0.4, 0.5) is 17.6 Å². The van der Waals surface area contributed by atoms with Crippen molar-refractivity contribution in [2.24, 2.45) is 0 Å². The van der Waals surface area contributed by atoms with E-state index in [1.807, 2.05) is 18.2 Å². The zero-order valence-electron chi connectivity index (χ0n) is 23.9. The number of benzene rings is 3. The number of para-hydroxylation sites is 1. The summed E-state index contributed by atoms with van der Waals surface area (Å²) in [7, 11) is 3.17. The van der Waals surface area contributed by atoms with Gasteiger partial charge in [-0.05, 0) is 78.9 Å². The summed E-state index contributed by atoms with van der Waals surface area (Å²) >= 11 is 17.0. The van der Waals surface area contributed by atoms with Gasteiger partial charge in [-0.25, -0.2) is 4.79 Å². The van der Waals surface area contributed by atoms with Crippen molar-refractivity contribution in [1.82, 2.24) is 20.3 Å². The zero-order valence-corrected chi connectivity index (χ0v) is 26.3. The minimum Gasteiger partial charge on any atom is -0.493 e. The Morgan fingerprint density at radius 2 is 1.58 bits per heavy atom. The molecule has 0 amide bonds. The van der Waals surface area contributed by atoms with Gasteiger partial charge >= 0.3 is 11.6 Å². The standard InChI is InChI=1S/C30H26ClN7O5S2/c1-40-22-11-10-17(14-24(22)41-2)12-13-32-29(44)37-26-34-27(38-30(45)33-19-7-5-6-18(31)15-19)36-28(35-26)43-23-16-25(39)42-21-9-4-3-8-20(21)23/h3-11,14-16H,12-13H2,1-2H3,(H4,32,33,34,35,36,37,38,44,45). The van der Waals surface area contributed by atoms with Gasteiger partial charge in [0.15, 0.2) is 21.7 Å². The molecule has 0 aliphatic rings. The first-order chi connectivity index (χ1) is 21.8. The maximum Gasteiger partial charge on any atom is 0.339 e. The molecule has 0 radical (unpaired) electrons. The third-order valence-corrected chi connectivity index (χ3v) is 6.79. The van der Waals surface area contributed by atoms with Gasteiger partial charge in [0.2, 0.25) is 11.9 Å². The number of thiocarbonyl (C=S) groups is 2. The maximum atomic E-state index is 12.2. The summed E-state index contributed by atoms with van der Waals surface area (Å²) in [6.45, 7) is 0.500. The number of nitrogens with one attached hydrogen (secondary N) is 4. The van der Waals surface area contributed by atoms with Crippen LogP contribution in [0.3, 0.4) is 0 Å². The predicted molar refractivity (Wildman–Crippen MR) is 181 cm³/mol. The topological polar surface area (TPSA) is 145 Å². The number of anilines is 3. The maximum absolute atomic E-state index is 12.2. The van der Waals surface area contributed by atoms with Crippen LogP contribution in [0, 0.1) is 0 Å². The second kappa shape index (κ2) is 14.6. The van der Waals surface area contributed by atoms with Gasteiger partial charge in [0.1, 0.15) is 11.3 Å². The number of hydrogen-bond donors (Lipinski definition) is 4. The molecule has 0 atom stereocenters. The molecule has 12 nitrogen and oxygen atoms in total. The normalized spacial score (nSPS) is 10.6. The molecule has 0 aliphatic heterocycles. The average Bonchev–Trinajstić information content (AvgIpc) is 3.00. The minimum absolute atomic E-state index is 0.0439. The van der Waals surface area contributed by atoms with Crippen LogP contribution in [0.5, 0.6) is 23.3 Å². The lowest BCUT2D eigenvalue weighted by Crippen LogP contribution is -2.31. The van der Waals surface area contributed by atoms with Crippen LogP contribution in [-0.4, -0.2) is 45.9 Å². The molecule has 0 fully saturated rings. The van der Waals surface area contributed by atoms with Crippen LogP contribution in [-0.2, 0) is 6.42 Å². The van der Waals surface area contributed by atoms with Crippen LogP contribution in [0.15, 0.2) is 82.0 Å². The Hall–Kier alpha value is -5.05. The highest BCUT2D eigenvalue weighted by Crippen LogP contribution is 2.29. The van der Waals surface area contributed by atoms with Gasteiger partial charge in [-0.2, -0.15) is 15.0 Å². The SMILES string of the molecule is COc1ccc(CCNC(=S)Nc2nc(NC(=S)Nc3cccc(Cl)c3)nc(Oc3cc(=O)oc4ccccc34)n2)cc1OC. The Bertz CT molecular complexity index is 1920. The molecule has 2 heterocycles. The van der Waals surface area contributed by atoms with Gasteiger partial charge in [-0.15, -0.1) is 0 Å². The summed E-state index contributed by atoms with van der Waals surface area (Å²) in [5.74, 6) is 1.59. The van der Waals surface area contributed by atoms with Crippen LogP contribution >= 0.6 is 36.0 Å². The number of halogens is 1. The van der Waals surface area contributed by atoms with E-state index in [0.717, 1.165) is 5.56 Å². The number of nitrogens with zero attached hydrogens (tertiary/aromatic N) is 3. The number of rotatable bonds is 10. The monoisotopic (exact) mass is 663 g/mol. The Morgan fingerprint density at radius 1 is 0.822 bits per heavy atom. The van der Waals surface area contributed by atoms with E-state index >= 15 is 0 Å². The molecule has 0 saturated carbocycles. The quantitative estimate of drug-likeness (QED) is 0.106. The second-order valence-corrected chi connectivity index (χ2v) is 10.5. The van der Waals surface area contributed by atoms with Crippen molar-refractivity contribution >= 4 is 74.8 Å². The van der Waals surface area contributed by atoms with Crippen molar-refractivity contribution in [3.05, 3.63) is 93.8 Å². The molecular weight excluding hydrogens is 638 g/mol. The Kier molecular flexibility index (Phi) is 10.2. The summed E-state index contributed by atoms with van der Waals surface area (Å²) in [6.07, 6.45) is 0.646. The summed E-state index contributed by atoms with van der Waals surface area (Å²) < 4.78 is 21.9. The van der Waals surface area contributed by atoms with Crippen LogP contribution < -0.4 is 41.1 Å². The highest BCUT2D eigenvalue weighted by Gasteiger charge is 2.15. The van der Waals surface area contributed by atoms with Gasteiger partial charge in [0.25, 0.3) is 0 Å². The molecule has 5 aromatic rings. The Morgan fingerprint density at radius 3 is 2.33 bits per heavy atom. The molecule has 0 bridgehead atoms. The Balaban J connectivity index is 1.33. The number of hydrogen-bond acceptors (Lipinski definition) is 10. The fourth-order valence-electron chi connectivity index (χ4n) is 4.11. The van der Waals surface area contributed by atoms with E-state index in [9.17, 15) is 4.79 Å². The minimum atomic E-state index is -0.596. The van der Waals surface area contributed by atoms with E-state index in [2.05, 4.69) is 36.2 Å². The molecule has 0 aliphatic carbocycles. The van der Waals surface area contributed by atoms with Gasteiger partial charge in [-0.1, -0.05) is 35.9 Å². The molecule has 5 rings (SSSR count). The van der Waals surface area contributed by atoms with Crippen LogP contribution in [0.1, 0.15) is 5.56 Å². The highest BCUT2D eigenvalue weighted by molar-refractivity contribution is 7.80. The van der Waals surface area contributed by atoms with E-state index in [0.29, 0.717) is 46.1 Å². The lowest BCUT2D eigenvalue weighted by Gasteiger charge is -2.14. The van der Waals surface area contributed by atoms with Gasteiger partial charge in [-0.3, -0.25) is 0 Å². The highest BCUT2D eigenvalue weighted by atomic mass is 35.5. The van der Waals surface area contributed by atoms with Gasteiger partial charge in [0, 0.05) is 17.3 Å². The molecule has 0 saturated heterocycles. The first kappa shape index (κ1) is 31.4. The zero-order chi connectivity index (χ0) is 31.8. The summed E-state index contributed by atoms with van der Waals surface area (Å²) in [6, 6.07) is 20.7. The molecular formula is C30H26ClN7O5S2. The number of ether oxygens (including phenoxy) is 3. The number of methoxy groups -OCH3 is 2. The summed E-state index contributed by atoms with van der Waals surface area (Å²) in [5.41, 5.74) is 1.43. The first-order valence-electron chi connectivity index (χ1n) is 13.4. The summed E-state index contributed by atoms with van der Waals surface area (Å²) in [4.78, 5) is 25.3. The first-order valence-corrected chi connectivity index (χ1v) is 14.5. The van der Waals surface area contributed by atoms with E-state index in [1.165, 1.54) is 6.07 Å². The lowest BCUT2D eigenvalue weighted by molar-refractivity contribution is 0.354. The molecule has 0 unspecified atom stereocenters. The molecule has 0 spiro atoms. The largest absolute Gasteiger partial charge is 0.493 e.